The van der Waals surface area contributed by atoms with Crippen LogP contribution < -0.4 is 10.6 Å². The molecule has 4 amide bonds. The molecule has 2 fully saturated rings. The van der Waals surface area contributed by atoms with Crippen molar-refractivity contribution >= 4 is 17.8 Å². The zero-order valence-electron chi connectivity index (χ0n) is 11.1. The van der Waals surface area contributed by atoms with Gasteiger partial charge in [-0.3, -0.25) is 14.5 Å². The first-order valence-electron chi connectivity index (χ1n) is 7.01. The molecule has 0 aromatic carbocycles. The van der Waals surface area contributed by atoms with E-state index in [1.165, 1.54) is 19.3 Å². The van der Waals surface area contributed by atoms with Gasteiger partial charge in [-0.2, -0.15) is 0 Å². The Kier molecular flexibility index (Phi) is 4.76. The highest BCUT2D eigenvalue weighted by Gasteiger charge is 2.27. The fourth-order valence-electron chi connectivity index (χ4n) is 2.71. The van der Waals surface area contributed by atoms with Crippen molar-refractivity contribution in [2.45, 2.75) is 38.5 Å². The van der Waals surface area contributed by atoms with Gasteiger partial charge >= 0.3 is 6.03 Å². The predicted octanol–water partition coefficient (Wildman–Crippen LogP) is 0.625. The molecular weight excluding hydrogens is 246 g/mol. The zero-order chi connectivity index (χ0) is 13.7. The Morgan fingerprint density at radius 2 is 2.00 bits per heavy atom. The minimum atomic E-state index is -0.369. The van der Waals surface area contributed by atoms with Gasteiger partial charge in [-0.1, -0.05) is 19.3 Å². The van der Waals surface area contributed by atoms with Crippen molar-refractivity contribution in [1.82, 2.24) is 15.5 Å². The smallest absolute Gasteiger partial charge is 0.324 e. The van der Waals surface area contributed by atoms with Crippen molar-refractivity contribution in [2.75, 3.05) is 19.6 Å². The van der Waals surface area contributed by atoms with E-state index in [0.29, 0.717) is 18.9 Å². The summed E-state index contributed by atoms with van der Waals surface area (Å²) in [4.78, 5) is 35.4. The normalized spacial score (nSPS) is 20.5. The van der Waals surface area contributed by atoms with E-state index in [-0.39, 0.29) is 30.9 Å². The Balaban J connectivity index is 1.63. The predicted molar refractivity (Wildman–Crippen MR) is 69.3 cm³/mol. The average Bonchev–Trinajstić information content (AvgIpc) is 2.71. The molecule has 0 radical (unpaired) electrons. The summed E-state index contributed by atoms with van der Waals surface area (Å²) in [7, 11) is 0. The van der Waals surface area contributed by atoms with Crippen molar-refractivity contribution in [3.8, 4) is 0 Å². The number of imide groups is 1. The van der Waals surface area contributed by atoms with E-state index in [1.54, 1.807) is 0 Å². The summed E-state index contributed by atoms with van der Waals surface area (Å²) in [6.45, 7) is 0.653. The molecule has 2 N–H and O–H groups in total. The number of rotatable bonds is 5. The van der Waals surface area contributed by atoms with Gasteiger partial charge in [-0.05, 0) is 18.8 Å². The molecule has 0 spiro atoms. The molecule has 1 saturated heterocycles. The largest absolute Gasteiger partial charge is 0.354 e. The molecule has 0 aromatic heterocycles. The van der Waals surface area contributed by atoms with Gasteiger partial charge in [0.1, 0.15) is 0 Å². The molecule has 0 aromatic rings. The lowest BCUT2D eigenvalue weighted by Crippen LogP contribution is -2.39. The molecule has 1 aliphatic heterocycles. The average molecular weight is 267 g/mol. The number of hydrogen-bond donors (Lipinski definition) is 2. The second-order valence-corrected chi connectivity index (χ2v) is 5.26. The van der Waals surface area contributed by atoms with E-state index in [4.69, 9.17) is 0 Å². The molecule has 0 unspecified atom stereocenters. The molecule has 19 heavy (non-hydrogen) atoms. The van der Waals surface area contributed by atoms with Crippen LogP contribution in [0.4, 0.5) is 4.79 Å². The maximum atomic E-state index is 11.7. The lowest BCUT2D eigenvalue weighted by molar-refractivity contribution is -0.126. The molecule has 1 heterocycles. The van der Waals surface area contributed by atoms with Gasteiger partial charge in [0.15, 0.2) is 0 Å². The third kappa shape index (κ3) is 3.94. The van der Waals surface area contributed by atoms with Crippen molar-refractivity contribution in [1.29, 1.82) is 0 Å². The van der Waals surface area contributed by atoms with Crippen LogP contribution in [0.1, 0.15) is 38.5 Å². The first kappa shape index (κ1) is 13.8. The topological polar surface area (TPSA) is 78.5 Å². The van der Waals surface area contributed by atoms with E-state index >= 15 is 0 Å². The molecule has 6 nitrogen and oxygen atoms in total. The lowest BCUT2D eigenvalue weighted by Gasteiger charge is -2.21. The van der Waals surface area contributed by atoms with Crippen LogP contribution in [0.25, 0.3) is 0 Å². The number of nitrogens with one attached hydrogen (secondary N) is 2. The van der Waals surface area contributed by atoms with E-state index < -0.39 is 0 Å². The van der Waals surface area contributed by atoms with Gasteiger partial charge in [0.25, 0.3) is 0 Å². The van der Waals surface area contributed by atoms with E-state index in [9.17, 15) is 14.4 Å². The number of urea groups is 1. The van der Waals surface area contributed by atoms with Gasteiger partial charge < -0.3 is 10.6 Å². The number of hydrogen-bond acceptors (Lipinski definition) is 3. The van der Waals surface area contributed by atoms with Crippen LogP contribution in [0.15, 0.2) is 0 Å². The minimum absolute atomic E-state index is 0.0268. The third-order valence-corrected chi connectivity index (χ3v) is 3.79. The molecular formula is C13H21N3O3. The van der Waals surface area contributed by atoms with E-state index in [0.717, 1.165) is 17.7 Å². The number of carbonyl (C=O) groups excluding carboxylic acids is 3. The SMILES string of the molecule is O=C(CC1CCCCC1)NCCN1C(=O)CNC1=O. The Bertz CT molecular complexity index is 348. The van der Waals surface area contributed by atoms with Gasteiger partial charge in [0.05, 0.1) is 6.54 Å². The fraction of sp³-hybridized carbons (Fsp3) is 0.769. The number of carbonyl (C=O) groups is 3. The van der Waals surface area contributed by atoms with Gasteiger partial charge in [-0.15, -0.1) is 0 Å². The van der Waals surface area contributed by atoms with Crippen LogP contribution in [0.5, 0.6) is 0 Å². The van der Waals surface area contributed by atoms with Gasteiger partial charge in [0.2, 0.25) is 11.8 Å². The maximum Gasteiger partial charge on any atom is 0.324 e. The number of amides is 4. The molecule has 1 saturated carbocycles. The molecule has 0 atom stereocenters. The highest BCUT2D eigenvalue weighted by Crippen LogP contribution is 2.25. The summed E-state index contributed by atoms with van der Waals surface area (Å²) < 4.78 is 0. The summed E-state index contributed by atoms with van der Waals surface area (Å²) in [5.74, 6) is 0.302. The molecule has 106 valence electrons. The molecule has 2 rings (SSSR count). The fourth-order valence-corrected chi connectivity index (χ4v) is 2.71. The lowest BCUT2D eigenvalue weighted by atomic mass is 9.87. The summed E-state index contributed by atoms with van der Waals surface area (Å²) in [5, 5.41) is 5.23. The maximum absolute atomic E-state index is 11.7. The summed E-state index contributed by atoms with van der Waals surface area (Å²) >= 11 is 0. The second kappa shape index (κ2) is 6.54. The van der Waals surface area contributed by atoms with E-state index in [2.05, 4.69) is 10.6 Å². The van der Waals surface area contributed by atoms with Crippen molar-refractivity contribution in [3.05, 3.63) is 0 Å². The standard InChI is InChI=1S/C13H21N3O3/c17-11(8-10-4-2-1-3-5-10)14-6-7-16-12(18)9-15-13(16)19/h10H,1-9H2,(H,14,17)(H,15,19). The van der Waals surface area contributed by atoms with Crippen molar-refractivity contribution in [3.63, 3.8) is 0 Å². The van der Waals surface area contributed by atoms with Crippen molar-refractivity contribution in [2.24, 2.45) is 5.92 Å². The third-order valence-electron chi connectivity index (χ3n) is 3.79. The van der Waals surface area contributed by atoms with Gasteiger partial charge in [-0.25, -0.2) is 4.79 Å². The first-order valence-corrected chi connectivity index (χ1v) is 7.01. The molecule has 2 aliphatic rings. The van der Waals surface area contributed by atoms with Gasteiger partial charge in [0, 0.05) is 19.5 Å². The quantitative estimate of drug-likeness (QED) is 0.717. The molecule has 6 heteroatoms. The van der Waals surface area contributed by atoms with Crippen LogP contribution in [0.2, 0.25) is 0 Å². The Labute approximate surface area is 112 Å². The Morgan fingerprint density at radius 3 is 2.63 bits per heavy atom. The minimum Gasteiger partial charge on any atom is -0.354 e. The van der Waals surface area contributed by atoms with Crippen LogP contribution in [-0.4, -0.2) is 42.4 Å². The Morgan fingerprint density at radius 1 is 1.26 bits per heavy atom. The summed E-state index contributed by atoms with van der Waals surface area (Å²) in [6, 6.07) is -0.369. The van der Waals surface area contributed by atoms with Crippen LogP contribution >= 0.6 is 0 Å². The monoisotopic (exact) mass is 267 g/mol. The highest BCUT2D eigenvalue weighted by atomic mass is 16.2. The summed E-state index contributed by atoms with van der Waals surface area (Å²) in [5.41, 5.74) is 0. The summed E-state index contributed by atoms with van der Waals surface area (Å²) in [6.07, 6.45) is 6.58. The van der Waals surface area contributed by atoms with Crippen molar-refractivity contribution < 1.29 is 14.4 Å². The van der Waals surface area contributed by atoms with Crippen LogP contribution in [0.3, 0.4) is 0 Å². The second-order valence-electron chi connectivity index (χ2n) is 5.26. The van der Waals surface area contributed by atoms with E-state index in [1.807, 2.05) is 0 Å². The van der Waals surface area contributed by atoms with Crippen LogP contribution in [-0.2, 0) is 9.59 Å². The Hall–Kier alpha value is -1.59. The molecule has 0 bridgehead atoms. The number of nitrogens with zero attached hydrogens (tertiary/aromatic N) is 1. The zero-order valence-corrected chi connectivity index (χ0v) is 11.1. The molecule has 1 aliphatic carbocycles. The highest BCUT2D eigenvalue weighted by molar-refractivity contribution is 6.01. The van der Waals surface area contributed by atoms with Crippen LogP contribution in [0, 0.1) is 5.92 Å². The first-order chi connectivity index (χ1) is 9.16.